The van der Waals surface area contributed by atoms with E-state index in [1.807, 2.05) is 13.8 Å². The molecule has 0 bridgehead atoms. The van der Waals surface area contributed by atoms with Gasteiger partial charge in [0.05, 0.1) is 5.69 Å². The average Bonchev–Trinajstić information content (AvgIpc) is 2.49. The van der Waals surface area contributed by atoms with Gasteiger partial charge in [0.15, 0.2) is 0 Å². The fourth-order valence-corrected chi connectivity index (χ4v) is 2.57. The molecular weight excluding hydrogens is 333 g/mol. The fourth-order valence-electron chi connectivity index (χ4n) is 2.57. The van der Waals surface area contributed by atoms with Crippen molar-refractivity contribution in [3.63, 3.8) is 0 Å². The molecule has 0 unspecified atom stereocenters. The van der Waals surface area contributed by atoms with Crippen molar-refractivity contribution in [2.24, 2.45) is 5.92 Å². The highest BCUT2D eigenvalue weighted by Gasteiger charge is 2.17. The molecule has 134 valence electrons. The second-order valence-electron chi connectivity index (χ2n) is 6.36. The lowest BCUT2D eigenvalue weighted by molar-refractivity contribution is -0.116. The first-order valence-corrected chi connectivity index (χ1v) is 8.06. The Balaban J connectivity index is 0.00000288. The van der Waals surface area contributed by atoms with Crippen LogP contribution in [-0.4, -0.2) is 30.9 Å². The lowest BCUT2D eigenvalue weighted by atomic mass is 10.1. The summed E-state index contributed by atoms with van der Waals surface area (Å²) < 4.78 is 14.1. The third kappa shape index (κ3) is 6.09. The van der Waals surface area contributed by atoms with E-state index >= 15 is 0 Å². The van der Waals surface area contributed by atoms with Crippen molar-refractivity contribution in [1.82, 2.24) is 10.6 Å². The summed E-state index contributed by atoms with van der Waals surface area (Å²) >= 11 is 0. The van der Waals surface area contributed by atoms with Gasteiger partial charge in [-0.05, 0) is 43.5 Å². The van der Waals surface area contributed by atoms with Crippen LogP contribution in [0.5, 0.6) is 0 Å². The number of carbonyl (C=O) groups is 2. The maximum atomic E-state index is 14.1. The van der Waals surface area contributed by atoms with E-state index in [2.05, 4.69) is 16.0 Å². The summed E-state index contributed by atoms with van der Waals surface area (Å²) in [5, 5.41) is 8.64. The first-order valence-electron chi connectivity index (χ1n) is 8.06. The number of rotatable bonds is 5. The van der Waals surface area contributed by atoms with E-state index in [1.165, 1.54) is 12.1 Å². The van der Waals surface area contributed by atoms with E-state index in [0.717, 1.165) is 32.0 Å². The molecule has 1 saturated heterocycles. The summed E-state index contributed by atoms with van der Waals surface area (Å²) in [6.07, 6.45) is 2.26. The highest BCUT2D eigenvalue weighted by Crippen LogP contribution is 2.17. The molecule has 1 aromatic rings. The third-order valence-electron chi connectivity index (χ3n) is 3.73. The minimum atomic E-state index is -0.600. The summed E-state index contributed by atoms with van der Waals surface area (Å²) in [6.45, 7) is 5.54. The molecule has 2 rings (SSSR count). The highest BCUT2D eigenvalue weighted by molar-refractivity contribution is 5.96. The van der Waals surface area contributed by atoms with Crippen LogP contribution in [-0.2, 0) is 4.79 Å². The van der Waals surface area contributed by atoms with E-state index in [1.54, 1.807) is 0 Å². The Morgan fingerprint density at radius 2 is 2.12 bits per heavy atom. The van der Waals surface area contributed by atoms with Gasteiger partial charge in [0.1, 0.15) is 5.82 Å². The number of nitrogens with one attached hydrogen (secondary N) is 3. The Bertz CT molecular complexity index is 575. The number of piperidine rings is 1. The van der Waals surface area contributed by atoms with Crippen LogP contribution in [0.1, 0.15) is 43.5 Å². The van der Waals surface area contributed by atoms with E-state index in [4.69, 9.17) is 0 Å². The lowest BCUT2D eigenvalue weighted by Crippen LogP contribution is -2.45. The molecule has 0 aromatic heterocycles. The zero-order valence-electron chi connectivity index (χ0n) is 14.0. The average molecular weight is 358 g/mol. The van der Waals surface area contributed by atoms with E-state index in [-0.39, 0.29) is 47.4 Å². The summed E-state index contributed by atoms with van der Waals surface area (Å²) in [7, 11) is 0. The Hall–Kier alpha value is -1.66. The van der Waals surface area contributed by atoms with Crippen molar-refractivity contribution < 1.29 is 14.0 Å². The Kier molecular flexibility index (Phi) is 8.15. The summed E-state index contributed by atoms with van der Waals surface area (Å²) in [4.78, 5) is 23.8. The van der Waals surface area contributed by atoms with Gasteiger partial charge in [0.2, 0.25) is 5.91 Å². The maximum absolute atomic E-state index is 14.1. The van der Waals surface area contributed by atoms with Gasteiger partial charge in [-0.15, -0.1) is 12.4 Å². The first kappa shape index (κ1) is 20.4. The van der Waals surface area contributed by atoms with Gasteiger partial charge in [-0.25, -0.2) is 4.39 Å². The van der Waals surface area contributed by atoms with Crippen molar-refractivity contribution in [1.29, 1.82) is 0 Å². The molecular formula is C17H25ClFN3O2. The molecule has 5 nitrogen and oxygen atoms in total. The number of amides is 2. The summed E-state index contributed by atoms with van der Waals surface area (Å²) in [5.41, 5.74) is 0.362. The molecule has 1 aliphatic rings. The second-order valence-corrected chi connectivity index (χ2v) is 6.36. The van der Waals surface area contributed by atoms with Crippen LogP contribution in [0.25, 0.3) is 0 Å². The second kappa shape index (κ2) is 9.59. The monoisotopic (exact) mass is 357 g/mol. The summed E-state index contributed by atoms with van der Waals surface area (Å²) in [6, 6.07) is 4.20. The van der Waals surface area contributed by atoms with Gasteiger partial charge in [0, 0.05) is 24.6 Å². The van der Waals surface area contributed by atoms with Gasteiger partial charge in [-0.2, -0.15) is 0 Å². The Labute approximate surface area is 148 Å². The Morgan fingerprint density at radius 3 is 2.71 bits per heavy atom. The molecule has 0 radical (unpaired) electrons. The van der Waals surface area contributed by atoms with Gasteiger partial charge in [-0.3, -0.25) is 9.59 Å². The first-order chi connectivity index (χ1) is 11.0. The van der Waals surface area contributed by atoms with Gasteiger partial charge < -0.3 is 16.0 Å². The van der Waals surface area contributed by atoms with Crippen molar-refractivity contribution in [3.05, 3.63) is 29.6 Å². The lowest BCUT2D eigenvalue weighted by Gasteiger charge is -2.23. The molecule has 24 heavy (non-hydrogen) atoms. The van der Waals surface area contributed by atoms with Crippen molar-refractivity contribution in [3.8, 4) is 0 Å². The predicted octanol–water partition coefficient (Wildman–Crippen LogP) is 2.71. The van der Waals surface area contributed by atoms with Crippen LogP contribution >= 0.6 is 12.4 Å². The van der Waals surface area contributed by atoms with Gasteiger partial charge in [-0.1, -0.05) is 13.8 Å². The number of anilines is 1. The van der Waals surface area contributed by atoms with Crippen LogP contribution < -0.4 is 16.0 Å². The zero-order chi connectivity index (χ0) is 16.8. The molecule has 1 fully saturated rings. The highest BCUT2D eigenvalue weighted by atomic mass is 35.5. The molecule has 0 aliphatic carbocycles. The topological polar surface area (TPSA) is 70.2 Å². The number of halogens is 2. The summed E-state index contributed by atoms with van der Waals surface area (Å²) in [5.74, 6) is -0.925. The largest absolute Gasteiger partial charge is 0.348 e. The molecule has 3 N–H and O–H groups in total. The molecule has 1 heterocycles. The van der Waals surface area contributed by atoms with E-state index < -0.39 is 5.82 Å². The van der Waals surface area contributed by atoms with Crippen LogP contribution in [0.4, 0.5) is 10.1 Å². The van der Waals surface area contributed by atoms with Crippen LogP contribution in [0, 0.1) is 11.7 Å². The molecule has 1 atom stereocenters. The number of hydrogen-bond donors (Lipinski definition) is 3. The molecule has 1 aromatic carbocycles. The van der Waals surface area contributed by atoms with Crippen molar-refractivity contribution >= 4 is 29.9 Å². The van der Waals surface area contributed by atoms with E-state index in [9.17, 15) is 14.0 Å². The third-order valence-corrected chi connectivity index (χ3v) is 3.73. The standard InChI is InChI=1S/C17H24FN3O2.ClH/c1-11(2)8-16(22)21-15-6-5-12(9-14(15)18)17(23)20-13-4-3-7-19-10-13;/h5-6,9,11,13,19H,3-4,7-8,10H2,1-2H3,(H,20,23)(H,21,22);1H/t13-;/m0./s1. The maximum Gasteiger partial charge on any atom is 0.251 e. The molecule has 0 spiro atoms. The smallest absolute Gasteiger partial charge is 0.251 e. The van der Waals surface area contributed by atoms with Gasteiger partial charge in [0.25, 0.3) is 5.91 Å². The van der Waals surface area contributed by atoms with E-state index in [0.29, 0.717) is 6.42 Å². The van der Waals surface area contributed by atoms with Crippen LogP contribution in [0.3, 0.4) is 0 Å². The van der Waals surface area contributed by atoms with Crippen LogP contribution in [0.15, 0.2) is 18.2 Å². The number of benzene rings is 1. The molecule has 1 aliphatic heterocycles. The number of hydrogen-bond acceptors (Lipinski definition) is 3. The Morgan fingerprint density at radius 1 is 1.38 bits per heavy atom. The quantitative estimate of drug-likeness (QED) is 0.758. The molecule has 0 saturated carbocycles. The van der Waals surface area contributed by atoms with Crippen molar-refractivity contribution in [2.75, 3.05) is 18.4 Å². The molecule has 2 amide bonds. The fraction of sp³-hybridized carbons (Fsp3) is 0.529. The SMILES string of the molecule is CC(C)CC(=O)Nc1ccc(C(=O)N[C@H]2CCCNC2)cc1F.Cl. The van der Waals surface area contributed by atoms with Crippen LogP contribution in [0.2, 0.25) is 0 Å². The predicted molar refractivity (Wildman–Crippen MR) is 95.1 cm³/mol. The number of carbonyl (C=O) groups excluding carboxylic acids is 2. The minimum absolute atomic E-state index is 0. The van der Waals surface area contributed by atoms with Gasteiger partial charge >= 0.3 is 0 Å². The molecule has 7 heteroatoms. The van der Waals surface area contributed by atoms with Crippen molar-refractivity contribution in [2.45, 2.75) is 39.2 Å². The normalized spacial score (nSPS) is 17.1. The zero-order valence-corrected chi connectivity index (χ0v) is 14.8. The minimum Gasteiger partial charge on any atom is -0.348 e.